The first-order valence-electron chi connectivity index (χ1n) is 9.18. The number of halogens is 2. The third-order valence-corrected chi connectivity index (χ3v) is 14.1. The molecule has 0 saturated heterocycles. The van der Waals surface area contributed by atoms with Gasteiger partial charge in [-0.15, -0.1) is 24.8 Å². The van der Waals surface area contributed by atoms with Gasteiger partial charge in [-0.1, -0.05) is 0 Å². The molecule has 2 rings (SSSR count). The van der Waals surface area contributed by atoms with Crippen LogP contribution in [0.4, 0.5) is 0 Å². The average Bonchev–Trinajstić information content (AvgIpc) is 3.02. The summed E-state index contributed by atoms with van der Waals surface area (Å²) in [5.74, 6) is 0. The molecule has 0 aromatic carbocycles. The molecule has 0 aromatic rings. The first-order chi connectivity index (χ1) is 10.6. The van der Waals surface area contributed by atoms with Crippen LogP contribution in [0, 0.1) is 0 Å². The van der Waals surface area contributed by atoms with Crippen LogP contribution < -0.4 is 0 Å². The number of rotatable bonds is 8. The monoisotopic (exact) mass is 582 g/mol. The molecule has 142 valence electrons. The topological polar surface area (TPSA) is 0 Å². The maximum Gasteiger partial charge on any atom is -0.147 e. The zero-order valence-electron chi connectivity index (χ0n) is 16.9. The second kappa shape index (κ2) is 11.0. The minimum absolute atomic E-state index is 0. The molecule has 2 aliphatic carbocycles. The molecule has 5 heteroatoms. The molecular weight excluding hydrogens is 546 g/mol. The average molecular weight is 582 g/mol. The maximum absolute atomic E-state index is 2.51. The molecule has 0 nitrogen and oxygen atoms in total. The Labute approximate surface area is 181 Å². The van der Waals surface area contributed by atoms with Gasteiger partial charge >= 0.3 is 158 Å². The van der Waals surface area contributed by atoms with Crippen molar-refractivity contribution in [2.45, 2.75) is 77.1 Å². The zero-order valence-corrected chi connectivity index (χ0v) is 24.1. The first kappa shape index (κ1) is 25.8. The Morgan fingerprint density at radius 1 is 0.720 bits per heavy atom. The van der Waals surface area contributed by atoms with E-state index >= 15 is 0 Å². The van der Waals surface area contributed by atoms with Gasteiger partial charge in [0.2, 0.25) is 0 Å². The van der Waals surface area contributed by atoms with E-state index in [4.69, 9.17) is 0 Å². The van der Waals surface area contributed by atoms with Crippen LogP contribution in [-0.2, 0) is 22.9 Å². The van der Waals surface area contributed by atoms with Crippen LogP contribution >= 0.6 is 24.8 Å². The van der Waals surface area contributed by atoms with Crippen molar-refractivity contribution in [3.05, 3.63) is 42.1 Å². The molecule has 0 aromatic heterocycles. The van der Waals surface area contributed by atoms with Crippen molar-refractivity contribution in [3.63, 3.8) is 0 Å². The summed E-state index contributed by atoms with van der Waals surface area (Å²) in [5, 5.41) is 0. The molecule has 2 aliphatic rings. The Bertz CT molecular complexity index is 511. The summed E-state index contributed by atoms with van der Waals surface area (Å²) < 4.78 is 3.82. The summed E-state index contributed by atoms with van der Waals surface area (Å²) in [4.78, 5) is 0. The summed E-state index contributed by atoms with van der Waals surface area (Å²) in [7, 11) is -1.82. The molecular formula is C20H36Cl2HfSi2. The van der Waals surface area contributed by atoms with Crippen LogP contribution in [0.2, 0.25) is 51.4 Å². The van der Waals surface area contributed by atoms with E-state index < -0.39 is 39.1 Å². The van der Waals surface area contributed by atoms with E-state index in [0.717, 1.165) is 0 Å². The molecule has 0 aliphatic heterocycles. The van der Waals surface area contributed by atoms with E-state index in [0.29, 0.717) is 0 Å². The molecule has 0 N–H and O–H groups in total. The Morgan fingerprint density at radius 3 is 1.40 bits per heavy atom. The van der Waals surface area contributed by atoms with E-state index in [1.807, 2.05) is 6.66 Å². The van der Waals surface area contributed by atoms with E-state index in [1.54, 1.807) is 11.1 Å². The van der Waals surface area contributed by atoms with Crippen LogP contribution in [0.3, 0.4) is 0 Å². The molecule has 0 atom stereocenters. The van der Waals surface area contributed by atoms with Gasteiger partial charge in [0.1, 0.15) is 0 Å². The van der Waals surface area contributed by atoms with Crippen LogP contribution in [0.25, 0.3) is 0 Å². The SMILES string of the molecule is C[Si](C)(C)CCC1=[C]([Hf][C]2=C(CC[Si](C)(C)C)C=CC2)CC=C1.Cl.Cl. The first-order valence-corrected chi connectivity index (χ1v) is 20.2. The summed E-state index contributed by atoms with van der Waals surface area (Å²) >= 11 is -0.767. The number of allylic oxidation sites excluding steroid dienone is 8. The fourth-order valence-electron chi connectivity index (χ4n) is 3.03. The quantitative estimate of drug-likeness (QED) is 0.257. The normalized spacial score (nSPS) is 17.0. The third-order valence-electron chi connectivity index (χ3n) is 4.65. The van der Waals surface area contributed by atoms with Crippen LogP contribution in [0.5, 0.6) is 0 Å². The fraction of sp³-hybridized carbons (Fsp3) is 0.600. The zero-order chi connectivity index (χ0) is 17.1. The van der Waals surface area contributed by atoms with Crippen molar-refractivity contribution in [2.75, 3.05) is 0 Å². The Morgan fingerprint density at radius 2 is 1.08 bits per heavy atom. The second-order valence-corrected chi connectivity index (χ2v) is 25.9. The minimum atomic E-state index is -0.912. The van der Waals surface area contributed by atoms with Gasteiger partial charge in [0.05, 0.1) is 0 Å². The summed E-state index contributed by atoms with van der Waals surface area (Å²) in [6.07, 6.45) is 15.1. The molecule has 0 heterocycles. The third kappa shape index (κ3) is 9.55. The van der Waals surface area contributed by atoms with Crippen molar-refractivity contribution >= 4 is 41.0 Å². The van der Waals surface area contributed by atoms with Gasteiger partial charge in [-0.05, 0) is 0 Å². The molecule has 0 saturated carbocycles. The van der Waals surface area contributed by atoms with Gasteiger partial charge in [-0.3, -0.25) is 0 Å². The van der Waals surface area contributed by atoms with Crippen molar-refractivity contribution < 1.29 is 22.9 Å². The standard InChI is InChI=1S/2C10H17Si.2ClH.Hf/c2*1-11(2,3)9-8-10-6-4-5-7-10;;;/h2*4,6H,5,8-9H2,1-3H3;2*1H;. The minimum Gasteiger partial charge on any atom is -0.147 e. The molecule has 0 unspecified atom stereocenters. The van der Waals surface area contributed by atoms with E-state index in [2.05, 4.69) is 63.6 Å². The Balaban J connectivity index is 0.00000288. The summed E-state index contributed by atoms with van der Waals surface area (Å²) in [6.45, 7) is 15.0. The molecule has 25 heavy (non-hydrogen) atoms. The molecule has 0 spiro atoms. The molecule has 0 fully saturated rings. The van der Waals surface area contributed by atoms with Crippen molar-refractivity contribution in [3.8, 4) is 0 Å². The van der Waals surface area contributed by atoms with Gasteiger partial charge in [0.15, 0.2) is 0 Å². The predicted molar refractivity (Wildman–Crippen MR) is 122 cm³/mol. The number of hydrogen-bond donors (Lipinski definition) is 0. The molecule has 0 bridgehead atoms. The van der Waals surface area contributed by atoms with Crippen LogP contribution in [0.15, 0.2) is 42.1 Å². The maximum atomic E-state index is 2.51. The predicted octanol–water partition coefficient (Wildman–Crippen LogP) is 7.80. The smallest absolute Gasteiger partial charge is 0.147 e. The summed E-state index contributed by atoms with van der Waals surface area (Å²) in [5.41, 5.74) is 3.50. The van der Waals surface area contributed by atoms with E-state index in [1.165, 1.54) is 37.8 Å². The Hall–Kier alpha value is 0.844. The van der Waals surface area contributed by atoms with E-state index in [-0.39, 0.29) is 24.8 Å². The van der Waals surface area contributed by atoms with Crippen LogP contribution in [-0.4, -0.2) is 16.1 Å². The van der Waals surface area contributed by atoms with Crippen molar-refractivity contribution in [1.82, 2.24) is 0 Å². The Kier molecular flexibility index (Phi) is 11.4. The summed E-state index contributed by atoms with van der Waals surface area (Å²) in [6, 6.07) is 2.92. The van der Waals surface area contributed by atoms with Gasteiger partial charge < -0.3 is 0 Å². The van der Waals surface area contributed by atoms with Gasteiger partial charge in [0.25, 0.3) is 0 Å². The van der Waals surface area contributed by atoms with Gasteiger partial charge in [-0.25, -0.2) is 0 Å². The van der Waals surface area contributed by atoms with E-state index in [9.17, 15) is 0 Å². The van der Waals surface area contributed by atoms with Gasteiger partial charge in [-0.2, -0.15) is 0 Å². The number of hydrogen-bond acceptors (Lipinski definition) is 0. The molecule has 0 radical (unpaired) electrons. The van der Waals surface area contributed by atoms with Crippen molar-refractivity contribution in [2.24, 2.45) is 0 Å². The fourth-order valence-corrected chi connectivity index (χ4v) is 10.6. The second-order valence-electron chi connectivity index (χ2n) is 9.47. The van der Waals surface area contributed by atoms with Gasteiger partial charge in [0, 0.05) is 0 Å². The largest absolute Gasteiger partial charge is 0.147 e. The van der Waals surface area contributed by atoms with Crippen LogP contribution in [0.1, 0.15) is 25.7 Å². The van der Waals surface area contributed by atoms with Crippen molar-refractivity contribution in [1.29, 1.82) is 0 Å². The molecule has 0 amide bonds.